The van der Waals surface area contributed by atoms with Gasteiger partial charge in [-0.2, -0.15) is 0 Å². The maximum absolute atomic E-state index is 13.2. The average molecular weight is 391 g/mol. The van der Waals surface area contributed by atoms with Crippen LogP contribution < -0.4 is 10.6 Å². The minimum absolute atomic E-state index is 0.0692. The smallest absolute Gasteiger partial charge is 0.325 e. The Morgan fingerprint density at radius 2 is 1.83 bits per heavy atom. The maximum atomic E-state index is 13.2. The molecule has 2 N–H and O–H groups in total. The summed E-state index contributed by atoms with van der Waals surface area (Å²) >= 11 is 0. The number of carbonyl (C=O) groups excluding carboxylic acids is 4. The lowest BCUT2D eigenvalue weighted by Crippen LogP contribution is -2.47. The SMILES string of the molecule is CC(=O)c1ccc(NC(=O)CN2C(=O)N[C@]3(CCCc4ccccc43)C2=O)cc1. The molecule has 7 nitrogen and oxygen atoms in total. The number of rotatable bonds is 4. The number of nitrogens with one attached hydrogen (secondary N) is 2. The van der Waals surface area contributed by atoms with Crippen LogP contribution in [0.5, 0.6) is 0 Å². The van der Waals surface area contributed by atoms with E-state index in [1.807, 2.05) is 24.3 Å². The van der Waals surface area contributed by atoms with E-state index in [2.05, 4.69) is 10.6 Å². The molecule has 29 heavy (non-hydrogen) atoms. The lowest BCUT2D eigenvalue weighted by molar-refractivity contribution is -0.134. The summed E-state index contributed by atoms with van der Waals surface area (Å²) in [5.74, 6) is -0.942. The van der Waals surface area contributed by atoms with Gasteiger partial charge in [-0.05, 0) is 61.6 Å². The van der Waals surface area contributed by atoms with Crippen molar-refractivity contribution in [2.75, 3.05) is 11.9 Å². The lowest BCUT2D eigenvalue weighted by atomic mass is 9.76. The molecule has 0 saturated carbocycles. The molecule has 4 amide bonds. The molecule has 0 radical (unpaired) electrons. The van der Waals surface area contributed by atoms with Crippen molar-refractivity contribution >= 4 is 29.3 Å². The Bertz CT molecular complexity index is 1010. The molecule has 1 atom stereocenters. The van der Waals surface area contributed by atoms with E-state index in [0.717, 1.165) is 28.9 Å². The van der Waals surface area contributed by atoms with Crippen LogP contribution in [0.1, 0.15) is 41.3 Å². The zero-order valence-electron chi connectivity index (χ0n) is 16.0. The zero-order chi connectivity index (χ0) is 20.6. The third kappa shape index (κ3) is 3.29. The first kappa shape index (κ1) is 18.9. The van der Waals surface area contributed by atoms with E-state index in [4.69, 9.17) is 0 Å². The van der Waals surface area contributed by atoms with Crippen molar-refractivity contribution in [1.82, 2.24) is 10.2 Å². The number of fused-ring (bicyclic) bond motifs is 2. The normalized spacial score (nSPS) is 20.4. The molecule has 7 heteroatoms. The highest BCUT2D eigenvalue weighted by molar-refractivity contribution is 6.10. The van der Waals surface area contributed by atoms with Gasteiger partial charge in [0.2, 0.25) is 5.91 Å². The Balaban J connectivity index is 1.50. The third-order valence-corrected chi connectivity index (χ3v) is 5.53. The summed E-state index contributed by atoms with van der Waals surface area (Å²) in [5.41, 5.74) is 1.80. The summed E-state index contributed by atoms with van der Waals surface area (Å²) in [5, 5.41) is 5.50. The van der Waals surface area contributed by atoms with Gasteiger partial charge in [0.05, 0.1) is 0 Å². The minimum Gasteiger partial charge on any atom is -0.325 e. The molecule has 1 saturated heterocycles. The fourth-order valence-electron chi connectivity index (χ4n) is 4.09. The monoisotopic (exact) mass is 391 g/mol. The molecular formula is C22H21N3O4. The van der Waals surface area contributed by atoms with Gasteiger partial charge in [-0.25, -0.2) is 4.79 Å². The van der Waals surface area contributed by atoms with Gasteiger partial charge in [0.1, 0.15) is 12.1 Å². The number of carbonyl (C=O) groups is 4. The van der Waals surface area contributed by atoms with Gasteiger partial charge in [-0.3, -0.25) is 19.3 Å². The Kier molecular flexibility index (Phi) is 4.66. The highest BCUT2D eigenvalue weighted by Crippen LogP contribution is 2.39. The average Bonchev–Trinajstić information content (AvgIpc) is 2.93. The number of hydrogen-bond donors (Lipinski definition) is 2. The summed E-state index contributed by atoms with van der Waals surface area (Å²) in [6.45, 7) is 1.09. The highest BCUT2D eigenvalue weighted by Gasteiger charge is 2.54. The summed E-state index contributed by atoms with van der Waals surface area (Å²) in [7, 11) is 0. The molecule has 1 aliphatic heterocycles. The number of imide groups is 1. The number of benzene rings is 2. The molecular weight excluding hydrogens is 370 g/mol. The fourth-order valence-corrected chi connectivity index (χ4v) is 4.09. The molecule has 1 aliphatic carbocycles. The standard InChI is InChI=1S/C22H21N3O4/c1-14(26)15-8-10-17(11-9-15)23-19(27)13-25-20(28)22(24-21(25)29)12-4-6-16-5-2-3-7-18(16)22/h2-3,5,7-11H,4,6,12-13H2,1H3,(H,23,27)(H,24,29)/t22-/m0/s1. The van der Waals surface area contributed by atoms with E-state index in [1.165, 1.54) is 6.92 Å². The maximum Gasteiger partial charge on any atom is 0.325 e. The van der Waals surface area contributed by atoms with Crippen LogP contribution in [0.25, 0.3) is 0 Å². The summed E-state index contributed by atoms with van der Waals surface area (Å²) in [6, 6.07) is 13.5. The quantitative estimate of drug-likeness (QED) is 0.619. The second-order valence-electron chi connectivity index (χ2n) is 7.42. The molecule has 0 bridgehead atoms. The van der Waals surface area contributed by atoms with Crippen LogP contribution in [0.3, 0.4) is 0 Å². The Hall–Kier alpha value is -3.48. The molecule has 2 aliphatic rings. The van der Waals surface area contributed by atoms with E-state index in [0.29, 0.717) is 17.7 Å². The van der Waals surface area contributed by atoms with E-state index in [9.17, 15) is 19.2 Å². The molecule has 2 aromatic rings. The summed E-state index contributed by atoms with van der Waals surface area (Å²) < 4.78 is 0. The number of ketones is 1. The number of anilines is 1. The molecule has 4 rings (SSSR count). The Labute approximate surface area is 168 Å². The van der Waals surface area contributed by atoms with Crippen molar-refractivity contribution in [2.45, 2.75) is 31.7 Å². The second kappa shape index (κ2) is 7.16. The molecule has 1 fully saturated rings. The molecule has 0 aromatic heterocycles. The summed E-state index contributed by atoms with van der Waals surface area (Å²) in [6.07, 6.45) is 2.16. The van der Waals surface area contributed by atoms with Gasteiger partial charge in [0.15, 0.2) is 5.78 Å². The first-order valence-corrected chi connectivity index (χ1v) is 9.54. The zero-order valence-corrected chi connectivity index (χ0v) is 16.0. The predicted octanol–water partition coefficient (Wildman–Crippen LogP) is 2.61. The molecule has 1 spiro atoms. The van der Waals surface area contributed by atoms with Crippen LogP contribution in [0.15, 0.2) is 48.5 Å². The van der Waals surface area contributed by atoms with Crippen molar-refractivity contribution in [1.29, 1.82) is 0 Å². The number of Topliss-reactive ketones (excluding diaryl/α,β-unsaturated/α-hetero) is 1. The van der Waals surface area contributed by atoms with Crippen LogP contribution in [-0.4, -0.2) is 35.1 Å². The molecule has 148 valence electrons. The van der Waals surface area contributed by atoms with Gasteiger partial charge in [-0.15, -0.1) is 0 Å². The van der Waals surface area contributed by atoms with Gasteiger partial charge >= 0.3 is 6.03 Å². The van der Waals surface area contributed by atoms with Gasteiger partial charge in [-0.1, -0.05) is 24.3 Å². The van der Waals surface area contributed by atoms with Crippen LogP contribution in [0.2, 0.25) is 0 Å². The van der Waals surface area contributed by atoms with Gasteiger partial charge in [0, 0.05) is 11.3 Å². The number of amides is 4. The van der Waals surface area contributed by atoms with Crippen molar-refractivity contribution in [2.24, 2.45) is 0 Å². The van der Waals surface area contributed by atoms with Crippen molar-refractivity contribution in [3.63, 3.8) is 0 Å². The Morgan fingerprint density at radius 3 is 2.55 bits per heavy atom. The van der Waals surface area contributed by atoms with E-state index >= 15 is 0 Å². The van der Waals surface area contributed by atoms with E-state index in [-0.39, 0.29) is 12.3 Å². The van der Waals surface area contributed by atoms with Crippen LogP contribution in [-0.2, 0) is 21.5 Å². The lowest BCUT2D eigenvalue weighted by Gasteiger charge is -2.33. The molecule has 2 aromatic carbocycles. The Morgan fingerprint density at radius 1 is 1.10 bits per heavy atom. The fraction of sp³-hybridized carbons (Fsp3) is 0.273. The topological polar surface area (TPSA) is 95.6 Å². The van der Waals surface area contributed by atoms with Crippen LogP contribution >= 0.6 is 0 Å². The predicted molar refractivity (Wildman–Crippen MR) is 106 cm³/mol. The van der Waals surface area contributed by atoms with E-state index < -0.39 is 23.4 Å². The van der Waals surface area contributed by atoms with Crippen molar-refractivity contribution in [3.8, 4) is 0 Å². The van der Waals surface area contributed by atoms with E-state index in [1.54, 1.807) is 24.3 Å². The highest BCUT2D eigenvalue weighted by atomic mass is 16.2. The van der Waals surface area contributed by atoms with Gasteiger partial charge < -0.3 is 10.6 Å². The number of hydrogen-bond acceptors (Lipinski definition) is 4. The molecule has 1 heterocycles. The first-order chi connectivity index (χ1) is 13.9. The number of aryl methyl sites for hydroxylation is 1. The summed E-state index contributed by atoms with van der Waals surface area (Å²) in [4.78, 5) is 50.5. The largest absolute Gasteiger partial charge is 0.325 e. The number of urea groups is 1. The first-order valence-electron chi connectivity index (χ1n) is 9.54. The van der Waals surface area contributed by atoms with Gasteiger partial charge in [0.25, 0.3) is 5.91 Å². The second-order valence-corrected chi connectivity index (χ2v) is 7.42. The van der Waals surface area contributed by atoms with Crippen LogP contribution in [0, 0.1) is 0 Å². The number of nitrogens with zero attached hydrogens (tertiary/aromatic N) is 1. The van der Waals surface area contributed by atoms with Crippen LogP contribution in [0.4, 0.5) is 10.5 Å². The van der Waals surface area contributed by atoms with Crippen molar-refractivity contribution in [3.05, 3.63) is 65.2 Å². The molecule has 0 unspecified atom stereocenters. The third-order valence-electron chi connectivity index (χ3n) is 5.53. The minimum atomic E-state index is -1.09. The van der Waals surface area contributed by atoms with Crippen molar-refractivity contribution < 1.29 is 19.2 Å².